The van der Waals surface area contributed by atoms with Crippen LogP contribution in [0.2, 0.25) is 0 Å². The number of hydrogen-bond acceptors (Lipinski definition) is 8. The SMILES string of the molecule is COc1ccc([N+](=O)[O-])cc1N/C=C(/C#N)C(=O)NCCc1ccc(OC)c(OC)c1. The maximum atomic E-state index is 12.3. The van der Waals surface area contributed by atoms with Crippen molar-refractivity contribution in [1.82, 2.24) is 5.32 Å². The molecule has 0 spiro atoms. The normalized spacial score (nSPS) is 10.6. The minimum absolute atomic E-state index is 0.158. The van der Waals surface area contributed by atoms with Gasteiger partial charge in [-0.25, -0.2) is 0 Å². The molecule has 0 fully saturated rings. The van der Waals surface area contributed by atoms with Crippen molar-refractivity contribution in [3.05, 3.63) is 63.8 Å². The molecule has 10 nitrogen and oxygen atoms in total. The van der Waals surface area contributed by atoms with Crippen molar-refractivity contribution in [1.29, 1.82) is 5.26 Å². The molecular weight excluding hydrogens is 404 g/mol. The first-order valence-corrected chi connectivity index (χ1v) is 9.11. The van der Waals surface area contributed by atoms with E-state index in [9.17, 15) is 20.2 Å². The van der Waals surface area contributed by atoms with E-state index in [0.29, 0.717) is 23.7 Å². The highest BCUT2D eigenvalue weighted by Crippen LogP contribution is 2.29. The highest BCUT2D eigenvalue weighted by Gasteiger charge is 2.13. The second-order valence-electron chi connectivity index (χ2n) is 6.15. The van der Waals surface area contributed by atoms with Crippen molar-refractivity contribution in [3.8, 4) is 23.3 Å². The Bertz CT molecular complexity index is 1030. The molecule has 2 aromatic rings. The highest BCUT2D eigenvalue weighted by atomic mass is 16.6. The Hall–Kier alpha value is -4.26. The van der Waals surface area contributed by atoms with Gasteiger partial charge in [-0.3, -0.25) is 14.9 Å². The van der Waals surface area contributed by atoms with E-state index in [4.69, 9.17) is 14.2 Å². The summed E-state index contributed by atoms with van der Waals surface area (Å²) in [5.41, 5.74) is 0.818. The van der Waals surface area contributed by atoms with E-state index >= 15 is 0 Å². The van der Waals surface area contributed by atoms with Crippen molar-refractivity contribution in [2.45, 2.75) is 6.42 Å². The molecule has 1 amide bonds. The number of amides is 1. The number of methoxy groups -OCH3 is 3. The van der Waals surface area contributed by atoms with Gasteiger partial charge in [0.1, 0.15) is 17.4 Å². The molecule has 31 heavy (non-hydrogen) atoms. The van der Waals surface area contributed by atoms with Crippen LogP contribution in [0.4, 0.5) is 11.4 Å². The predicted molar refractivity (Wildman–Crippen MR) is 113 cm³/mol. The van der Waals surface area contributed by atoms with Gasteiger partial charge in [-0.05, 0) is 30.2 Å². The molecule has 0 aliphatic carbocycles. The van der Waals surface area contributed by atoms with Gasteiger partial charge in [0.2, 0.25) is 0 Å². The molecular formula is C21H22N4O6. The monoisotopic (exact) mass is 426 g/mol. The van der Waals surface area contributed by atoms with Crippen LogP contribution in [0.25, 0.3) is 0 Å². The topological polar surface area (TPSA) is 136 Å². The summed E-state index contributed by atoms with van der Waals surface area (Å²) in [6.07, 6.45) is 1.68. The number of nitriles is 1. The lowest BCUT2D eigenvalue weighted by Gasteiger charge is -2.10. The smallest absolute Gasteiger partial charge is 0.271 e. The van der Waals surface area contributed by atoms with E-state index in [1.165, 1.54) is 38.6 Å². The van der Waals surface area contributed by atoms with Crippen LogP contribution in [0.5, 0.6) is 17.2 Å². The highest BCUT2D eigenvalue weighted by molar-refractivity contribution is 5.97. The summed E-state index contributed by atoms with van der Waals surface area (Å²) in [6.45, 7) is 0.285. The van der Waals surface area contributed by atoms with Crippen molar-refractivity contribution in [2.24, 2.45) is 0 Å². The summed E-state index contributed by atoms with van der Waals surface area (Å²) in [5.74, 6) is 0.930. The zero-order valence-electron chi connectivity index (χ0n) is 17.3. The third kappa shape index (κ3) is 6.11. The predicted octanol–water partition coefficient (Wildman–Crippen LogP) is 2.80. The van der Waals surface area contributed by atoms with Gasteiger partial charge >= 0.3 is 0 Å². The maximum absolute atomic E-state index is 12.3. The van der Waals surface area contributed by atoms with Crippen LogP contribution in [-0.2, 0) is 11.2 Å². The zero-order valence-corrected chi connectivity index (χ0v) is 17.3. The number of carbonyl (C=O) groups is 1. The van der Waals surface area contributed by atoms with E-state index in [2.05, 4.69) is 10.6 Å². The molecule has 0 aliphatic heterocycles. The van der Waals surface area contributed by atoms with E-state index in [-0.39, 0.29) is 23.5 Å². The number of nitrogens with one attached hydrogen (secondary N) is 2. The number of nitro groups is 1. The molecule has 2 aromatic carbocycles. The Kier molecular flexibility index (Phi) is 8.22. The Morgan fingerprint density at radius 1 is 1.10 bits per heavy atom. The molecule has 0 atom stereocenters. The van der Waals surface area contributed by atoms with Crippen molar-refractivity contribution < 1.29 is 23.9 Å². The Morgan fingerprint density at radius 2 is 1.77 bits per heavy atom. The molecule has 0 aromatic heterocycles. The first kappa shape index (κ1) is 23.0. The number of non-ortho nitro benzene ring substituents is 1. The molecule has 0 saturated carbocycles. The summed E-state index contributed by atoms with van der Waals surface area (Å²) in [5, 5.41) is 25.6. The van der Waals surface area contributed by atoms with Gasteiger partial charge in [0.15, 0.2) is 11.5 Å². The zero-order chi connectivity index (χ0) is 22.8. The fourth-order valence-corrected chi connectivity index (χ4v) is 2.67. The first-order chi connectivity index (χ1) is 14.9. The van der Waals surface area contributed by atoms with Crippen molar-refractivity contribution in [2.75, 3.05) is 33.2 Å². The fourth-order valence-electron chi connectivity index (χ4n) is 2.67. The standard InChI is InChI=1S/C21H22N4O6/c1-29-18-7-5-16(25(27)28)11-17(18)24-13-15(12-22)21(26)23-9-8-14-4-6-19(30-2)20(10-14)31-3/h4-7,10-11,13,24H,8-9H2,1-3H3,(H,23,26)/b15-13-. The van der Waals surface area contributed by atoms with Crippen molar-refractivity contribution >= 4 is 17.3 Å². The van der Waals surface area contributed by atoms with Crippen LogP contribution in [-0.4, -0.2) is 38.7 Å². The van der Waals surface area contributed by atoms with Crippen LogP contribution in [0.15, 0.2) is 48.2 Å². The number of carbonyl (C=O) groups excluding carboxylic acids is 1. The van der Waals surface area contributed by atoms with E-state index < -0.39 is 10.8 Å². The number of nitro benzene ring substituents is 1. The summed E-state index contributed by atoms with van der Waals surface area (Å²) in [6, 6.07) is 11.2. The van der Waals surface area contributed by atoms with Crippen LogP contribution < -0.4 is 24.8 Å². The van der Waals surface area contributed by atoms with Gasteiger partial charge in [-0.1, -0.05) is 6.07 Å². The minimum Gasteiger partial charge on any atom is -0.495 e. The maximum Gasteiger partial charge on any atom is 0.271 e. The first-order valence-electron chi connectivity index (χ1n) is 9.11. The summed E-state index contributed by atoms with van der Waals surface area (Å²) >= 11 is 0. The second kappa shape index (κ2) is 11.1. The van der Waals surface area contributed by atoms with Gasteiger partial charge in [-0.15, -0.1) is 0 Å². The van der Waals surface area contributed by atoms with Crippen LogP contribution in [0, 0.1) is 21.4 Å². The molecule has 0 radical (unpaired) electrons. The van der Waals surface area contributed by atoms with Gasteiger partial charge in [0.25, 0.3) is 11.6 Å². The summed E-state index contributed by atoms with van der Waals surface area (Å²) < 4.78 is 15.6. The molecule has 2 rings (SSSR count). The fraction of sp³-hybridized carbons (Fsp3) is 0.238. The molecule has 0 aliphatic rings. The molecule has 10 heteroatoms. The lowest BCUT2D eigenvalue weighted by molar-refractivity contribution is -0.384. The van der Waals surface area contributed by atoms with Crippen LogP contribution >= 0.6 is 0 Å². The lowest BCUT2D eigenvalue weighted by atomic mass is 10.1. The Morgan fingerprint density at radius 3 is 2.39 bits per heavy atom. The number of nitrogens with zero attached hydrogens (tertiary/aromatic N) is 2. The molecule has 0 unspecified atom stereocenters. The lowest BCUT2D eigenvalue weighted by Crippen LogP contribution is -2.27. The van der Waals surface area contributed by atoms with E-state index in [1.54, 1.807) is 19.2 Å². The molecule has 0 bridgehead atoms. The summed E-state index contributed by atoms with van der Waals surface area (Å²) in [4.78, 5) is 22.7. The van der Waals surface area contributed by atoms with Gasteiger partial charge in [-0.2, -0.15) is 5.26 Å². The van der Waals surface area contributed by atoms with Gasteiger partial charge in [0, 0.05) is 24.9 Å². The molecule has 0 saturated heterocycles. The van der Waals surface area contributed by atoms with E-state index in [0.717, 1.165) is 5.56 Å². The van der Waals surface area contributed by atoms with Crippen molar-refractivity contribution in [3.63, 3.8) is 0 Å². The number of anilines is 1. The average molecular weight is 426 g/mol. The molecule has 2 N–H and O–H groups in total. The number of benzene rings is 2. The third-order valence-electron chi connectivity index (χ3n) is 4.28. The third-order valence-corrected chi connectivity index (χ3v) is 4.28. The Balaban J connectivity index is 2.02. The quantitative estimate of drug-likeness (QED) is 0.256. The van der Waals surface area contributed by atoms with Gasteiger partial charge in [0.05, 0.1) is 31.9 Å². The Labute approximate surface area is 179 Å². The van der Waals surface area contributed by atoms with Gasteiger partial charge < -0.3 is 24.8 Å². The summed E-state index contributed by atoms with van der Waals surface area (Å²) in [7, 11) is 4.49. The van der Waals surface area contributed by atoms with E-state index in [1.807, 2.05) is 12.1 Å². The average Bonchev–Trinajstić information content (AvgIpc) is 2.79. The van der Waals surface area contributed by atoms with Crippen LogP contribution in [0.1, 0.15) is 5.56 Å². The van der Waals surface area contributed by atoms with Crippen LogP contribution in [0.3, 0.4) is 0 Å². The minimum atomic E-state index is -0.583. The molecule has 0 heterocycles. The second-order valence-corrected chi connectivity index (χ2v) is 6.15. The number of rotatable bonds is 10. The molecule has 162 valence electrons. The number of hydrogen-bond donors (Lipinski definition) is 2. The number of ether oxygens (including phenoxy) is 3. The largest absolute Gasteiger partial charge is 0.495 e.